The fourth-order valence-corrected chi connectivity index (χ4v) is 4.84. The van der Waals surface area contributed by atoms with Gasteiger partial charge in [0.25, 0.3) is 0 Å². The van der Waals surface area contributed by atoms with Crippen molar-refractivity contribution in [2.45, 2.75) is 77.9 Å². The Kier molecular flexibility index (Phi) is 7.99. The van der Waals surface area contributed by atoms with E-state index in [1.165, 1.54) is 11.1 Å². The summed E-state index contributed by atoms with van der Waals surface area (Å²) in [5.74, 6) is 0.834. The molecule has 1 aliphatic heterocycles. The molecule has 4 nitrogen and oxygen atoms in total. The molecule has 5 heteroatoms. The molecule has 1 heterocycles. The zero-order valence-corrected chi connectivity index (χ0v) is 23.0. The number of anilines is 1. The lowest BCUT2D eigenvalue weighted by Crippen LogP contribution is -2.51. The number of fused-ring (bicyclic) bond motifs is 1. The largest absolute Gasteiger partial charge is 0.485 e. The van der Waals surface area contributed by atoms with Crippen molar-refractivity contribution in [3.05, 3.63) is 94.0 Å². The summed E-state index contributed by atoms with van der Waals surface area (Å²) in [5.41, 5.74) is 5.21. The molecule has 36 heavy (non-hydrogen) atoms. The van der Waals surface area contributed by atoms with Crippen molar-refractivity contribution in [1.82, 2.24) is 0 Å². The molecule has 1 aliphatic rings. The minimum Gasteiger partial charge on any atom is -0.485 e. The molecule has 0 bridgehead atoms. The molecule has 0 spiro atoms. The third-order valence-electron chi connectivity index (χ3n) is 6.63. The van der Waals surface area contributed by atoms with Crippen molar-refractivity contribution >= 4 is 17.3 Å². The number of hydrogen-bond donors (Lipinski definition) is 1. The fraction of sp³-hybridized carbons (Fsp3) is 0.419. The molecule has 2 atom stereocenters. The average molecular weight is 508 g/mol. The van der Waals surface area contributed by atoms with Gasteiger partial charge in [-0.1, -0.05) is 68.8 Å². The van der Waals surface area contributed by atoms with Crippen LogP contribution in [-0.4, -0.2) is 18.3 Å². The van der Waals surface area contributed by atoms with Crippen LogP contribution >= 0.6 is 11.6 Å². The Bertz CT molecular complexity index is 1170. The molecule has 0 aliphatic carbocycles. The quantitative estimate of drug-likeness (QED) is 0.334. The van der Waals surface area contributed by atoms with E-state index in [1.807, 2.05) is 37.3 Å². The van der Waals surface area contributed by atoms with Gasteiger partial charge in [0.05, 0.1) is 6.61 Å². The second kappa shape index (κ2) is 10.8. The van der Waals surface area contributed by atoms with Crippen molar-refractivity contribution in [3.8, 4) is 5.75 Å². The second-order valence-corrected chi connectivity index (χ2v) is 11.4. The van der Waals surface area contributed by atoms with Crippen molar-refractivity contribution in [1.29, 1.82) is 0 Å². The predicted octanol–water partition coefficient (Wildman–Crippen LogP) is 8.08. The SMILES string of the molecule is CCOC1c2cc(NCc3ccc(C(C)(C)C)cc3)ccc2OC(C)(C)C1OCc1cccc(Cl)c1. The highest BCUT2D eigenvalue weighted by Gasteiger charge is 2.45. The van der Waals surface area contributed by atoms with Crippen molar-refractivity contribution in [2.75, 3.05) is 11.9 Å². The average Bonchev–Trinajstić information content (AvgIpc) is 2.82. The Morgan fingerprint density at radius 1 is 0.944 bits per heavy atom. The first kappa shape index (κ1) is 26.5. The smallest absolute Gasteiger partial charge is 0.132 e. The van der Waals surface area contributed by atoms with Crippen LogP contribution in [0.1, 0.15) is 69.9 Å². The number of hydrogen-bond acceptors (Lipinski definition) is 4. The van der Waals surface area contributed by atoms with Crippen LogP contribution in [0.2, 0.25) is 5.02 Å². The molecule has 2 unspecified atom stereocenters. The van der Waals surface area contributed by atoms with Crippen molar-refractivity contribution < 1.29 is 14.2 Å². The fourth-order valence-electron chi connectivity index (χ4n) is 4.63. The lowest BCUT2D eigenvalue weighted by atomic mass is 9.87. The number of benzene rings is 3. The molecule has 3 aromatic carbocycles. The zero-order chi connectivity index (χ0) is 25.9. The lowest BCUT2D eigenvalue weighted by Gasteiger charge is -2.44. The van der Waals surface area contributed by atoms with Gasteiger partial charge in [-0.05, 0) is 73.2 Å². The highest BCUT2D eigenvalue weighted by molar-refractivity contribution is 6.30. The van der Waals surface area contributed by atoms with Crippen LogP contribution in [0, 0.1) is 0 Å². The van der Waals surface area contributed by atoms with Gasteiger partial charge < -0.3 is 19.5 Å². The van der Waals surface area contributed by atoms with E-state index >= 15 is 0 Å². The van der Waals surface area contributed by atoms with Crippen molar-refractivity contribution in [3.63, 3.8) is 0 Å². The topological polar surface area (TPSA) is 39.7 Å². The van der Waals surface area contributed by atoms with E-state index in [2.05, 4.69) is 76.3 Å². The summed E-state index contributed by atoms with van der Waals surface area (Å²) >= 11 is 6.17. The third kappa shape index (κ3) is 6.23. The summed E-state index contributed by atoms with van der Waals surface area (Å²) in [6.45, 7) is 14.6. The first-order chi connectivity index (χ1) is 17.1. The Labute approximate surface area is 220 Å². The zero-order valence-electron chi connectivity index (χ0n) is 22.2. The molecular formula is C31H38ClNO3. The predicted molar refractivity (Wildman–Crippen MR) is 148 cm³/mol. The summed E-state index contributed by atoms with van der Waals surface area (Å²) in [5, 5.41) is 4.26. The van der Waals surface area contributed by atoms with Crippen LogP contribution < -0.4 is 10.1 Å². The van der Waals surface area contributed by atoms with Crippen LogP contribution in [0.3, 0.4) is 0 Å². The van der Waals surface area contributed by atoms with E-state index < -0.39 is 5.60 Å². The molecule has 0 saturated heterocycles. The van der Waals surface area contributed by atoms with Gasteiger partial charge in [0.2, 0.25) is 0 Å². The Balaban J connectivity index is 1.52. The summed E-state index contributed by atoms with van der Waals surface area (Å²) in [6.07, 6.45) is -0.537. The molecule has 0 aromatic heterocycles. The summed E-state index contributed by atoms with van der Waals surface area (Å²) < 4.78 is 19.1. The number of nitrogens with one attached hydrogen (secondary N) is 1. The Morgan fingerprint density at radius 2 is 1.69 bits per heavy atom. The maximum absolute atomic E-state index is 6.44. The summed E-state index contributed by atoms with van der Waals surface area (Å²) in [7, 11) is 0. The third-order valence-corrected chi connectivity index (χ3v) is 6.87. The van der Waals surface area contributed by atoms with Crippen LogP contribution in [0.25, 0.3) is 0 Å². The van der Waals surface area contributed by atoms with E-state index in [-0.39, 0.29) is 17.6 Å². The van der Waals surface area contributed by atoms with Gasteiger partial charge in [-0.25, -0.2) is 0 Å². The first-order valence-electron chi connectivity index (χ1n) is 12.7. The van der Waals surface area contributed by atoms with E-state index in [4.69, 9.17) is 25.8 Å². The lowest BCUT2D eigenvalue weighted by molar-refractivity contribution is -0.165. The van der Waals surface area contributed by atoms with Crippen molar-refractivity contribution in [2.24, 2.45) is 0 Å². The Morgan fingerprint density at radius 3 is 2.36 bits per heavy atom. The maximum Gasteiger partial charge on any atom is 0.132 e. The molecule has 3 aromatic rings. The number of rotatable bonds is 8. The molecule has 1 N–H and O–H groups in total. The minimum atomic E-state index is -0.560. The highest BCUT2D eigenvalue weighted by Crippen LogP contribution is 2.44. The molecule has 4 rings (SSSR count). The van der Waals surface area contributed by atoms with Crippen LogP contribution in [0.4, 0.5) is 5.69 Å². The van der Waals surface area contributed by atoms with E-state index in [9.17, 15) is 0 Å². The molecule has 0 saturated carbocycles. The molecule has 0 radical (unpaired) electrons. The highest BCUT2D eigenvalue weighted by atomic mass is 35.5. The normalized spacial score (nSPS) is 18.9. The van der Waals surface area contributed by atoms with Gasteiger partial charge in [0.1, 0.15) is 23.6 Å². The summed E-state index contributed by atoms with van der Waals surface area (Å²) in [4.78, 5) is 0. The number of halogens is 1. The molecular weight excluding hydrogens is 470 g/mol. The number of ether oxygens (including phenoxy) is 3. The van der Waals surface area contributed by atoms with Gasteiger partial charge in [-0.15, -0.1) is 0 Å². The minimum absolute atomic E-state index is 0.151. The van der Waals surface area contributed by atoms with E-state index in [0.29, 0.717) is 18.2 Å². The molecule has 0 fully saturated rings. The molecule has 0 amide bonds. The van der Waals surface area contributed by atoms with E-state index in [0.717, 1.165) is 29.1 Å². The van der Waals surface area contributed by atoms with Crippen LogP contribution in [0.15, 0.2) is 66.7 Å². The van der Waals surface area contributed by atoms with Crippen LogP contribution in [-0.2, 0) is 28.0 Å². The van der Waals surface area contributed by atoms with Gasteiger partial charge >= 0.3 is 0 Å². The van der Waals surface area contributed by atoms with Gasteiger partial charge in [-0.2, -0.15) is 0 Å². The standard InChI is InChI=1S/C31H38ClNO3/c1-7-34-28-26-18-25(33-19-21-11-13-23(14-12-21)30(2,3)4)15-16-27(26)36-31(5,6)29(28)35-20-22-9-8-10-24(32)17-22/h8-18,28-29,33H,7,19-20H2,1-6H3. The Hall–Kier alpha value is -2.53. The van der Waals surface area contributed by atoms with Gasteiger partial charge in [-0.3, -0.25) is 0 Å². The van der Waals surface area contributed by atoms with Crippen LogP contribution in [0.5, 0.6) is 5.75 Å². The molecule has 192 valence electrons. The maximum atomic E-state index is 6.44. The van der Waals surface area contributed by atoms with Gasteiger partial charge in [0, 0.05) is 29.4 Å². The second-order valence-electron chi connectivity index (χ2n) is 11.0. The summed E-state index contributed by atoms with van der Waals surface area (Å²) in [6, 6.07) is 22.8. The first-order valence-corrected chi connectivity index (χ1v) is 13.1. The van der Waals surface area contributed by atoms with Gasteiger partial charge in [0.15, 0.2) is 0 Å². The monoisotopic (exact) mass is 507 g/mol. The van der Waals surface area contributed by atoms with E-state index in [1.54, 1.807) is 0 Å².